The molecule has 4 rings (SSSR count). The van der Waals surface area contributed by atoms with Crippen molar-refractivity contribution in [3.8, 4) is 23.0 Å². The molecule has 0 spiro atoms. The third kappa shape index (κ3) is 4.61. The lowest BCUT2D eigenvalue weighted by Gasteiger charge is -2.36. The highest BCUT2D eigenvalue weighted by atomic mass is 16.5. The lowest BCUT2D eigenvalue weighted by atomic mass is 10.1. The summed E-state index contributed by atoms with van der Waals surface area (Å²) in [6.45, 7) is 8.67. The van der Waals surface area contributed by atoms with Gasteiger partial charge in [0.05, 0.1) is 14.2 Å². The van der Waals surface area contributed by atoms with Gasteiger partial charge in [0.15, 0.2) is 5.82 Å². The van der Waals surface area contributed by atoms with E-state index in [0.717, 1.165) is 72.6 Å². The van der Waals surface area contributed by atoms with Gasteiger partial charge in [-0.2, -0.15) is 0 Å². The Bertz CT molecular complexity index is 1030. The van der Waals surface area contributed by atoms with E-state index in [1.165, 1.54) is 0 Å². The molecule has 1 saturated heterocycles. The number of aromatic nitrogens is 3. The molecule has 0 atom stereocenters. The molecule has 1 aromatic carbocycles. The molecule has 3 heterocycles. The van der Waals surface area contributed by atoms with Crippen LogP contribution in [0.3, 0.4) is 0 Å². The number of hydrogen-bond acceptors (Lipinski definition) is 7. The first-order valence-corrected chi connectivity index (χ1v) is 10.5. The van der Waals surface area contributed by atoms with E-state index in [1.807, 2.05) is 37.3 Å². The van der Waals surface area contributed by atoms with Crippen molar-refractivity contribution >= 4 is 5.82 Å². The Morgan fingerprint density at radius 2 is 1.74 bits per heavy atom. The molecule has 1 aliphatic rings. The number of benzene rings is 1. The molecule has 1 fully saturated rings. The number of pyridine rings is 1. The third-order valence-corrected chi connectivity index (χ3v) is 5.81. The molecule has 0 saturated carbocycles. The fourth-order valence-corrected chi connectivity index (χ4v) is 3.90. The van der Waals surface area contributed by atoms with Crippen molar-refractivity contribution in [3.63, 3.8) is 0 Å². The normalized spacial score (nSPS) is 14.5. The minimum absolute atomic E-state index is 0.683. The van der Waals surface area contributed by atoms with Crippen LogP contribution in [-0.4, -0.2) is 60.3 Å². The molecule has 0 unspecified atom stereocenters. The van der Waals surface area contributed by atoms with Gasteiger partial charge in [0, 0.05) is 55.7 Å². The van der Waals surface area contributed by atoms with Gasteiger partial charge in [0.25, 0.3) is 0 Å². The minimum atomic E-state index is 0.683. The number of piperazine rings is 1. The van der Waals surface area contributed by atoms with Gasteiger partial charge in [0.1, 0.15) is 23.0 Å². The van der Waals surface area contributed by atoms with Crippen LogP contribution in [0.1, 0.15) is 16.8 Å². The molecule has 0 bridgehead atoms. The van der Waals surface area contributed by atoms with Crippen LogP contribution in [0.15, 0.2) is 42.6 Å². The molecular weight excluding hydrogens is 390 g/mol. The summed E-state index contributed by atoms with van der Waals surface area (Å²) in [5.41, 5.74) is 4.06. The van der Waals surface area contributed by atoms with E-state index >= 15 is 0 Å². The molecule has 31 heavy (non-hydrogen) atoms. The first kappa shape index (κ1) is 21.1. The van der Waals surface area contributed by atoms with Crippen molar-refractivity contribution in [3.05, 3.63) is 59.4 Å². The maximum absolute atomic E-state index is 5.55. The zero-order valence-electron chi connectivity index (χ0n) is 18.6. The van der Waals surface area contributed by atoms with Gasteiger partial charge in [-0.3, -0.25) is 9.88 Å². The topological polar surface area (TPSA) is 63.6 Å². The van der Waals surface area contributed by atoms with Crippen molar-refractivity contribution in [2.75, 3.05) is 45.3 Å². The SMILES string of the molecule is COc1ccc(OC)c(CN2CCN(c3nc(-c4ccccn4)nc(C)c3C)CC2)c1. The van der Waals surface area contributed by atoms with Gasteiger partial charge >= 0.3 is 0 Å². The first-order chi connectivity index (χ1) is 15.1. The van der Waals surface area contributed by atoms with Crippen LogP contribution in [0.5, 0.6) is 11.5 Å². The highest BCUT2D eigenvalue weighted by molar-refractivity contribution is 5.57. The molecule has 2 aromatic heterocycles. The van der Waals surface area contributed by atoms with Crippen molar-refractivity contribution in [2.45, 2.75) is 20.4 Å². The summed E-state index contributed by atoms with van der Waals surface area (Å²) >= 11 is 0. The second kappa shape index (κ2) is 9.31. The lowest BCUT2D eigenvalue weighted by molar-refractivity contribution is 0.245. The Balaban J connectivity index is 1.49. The van der Waals surface area contributed by atoms with Gasteiger partial charge < -0.3 is 14.4 Å². The summed E-state index contributed by atoms with van der Waals surface area (Å²) < 4.78 is 10.9. The van der Waals surface area contributed by atoms with E-state index in [4.69, 9.17) is 14.5 Å². The van der Waals surface area contributed by atoms with E-state index in [0.29, 0.717) is 5.82 Å². The zero-order valence-corrected chi connectivity index (χ0v) is 18.6. The second-order valence-corrected chi connectivity index (χ2v) is 7.74. The van der Waals surface area contributed by atoms with E-state index < -0.39 is 0 Å². The predicted octanol–water partition coefficient (Wildman–Crippen LogP) is 3.49. The molecule has 7 nitrogen and oxygen atoms in total. The van der Waals surface area contributed by atoms with Crippen LogP contribution in [0, 0.1) is 13.8 Å². The van der Waals surface area contributed by atoms with Crippen LogP contribution in [0.25, 0.3) is 11.5 Å². The Morgan fingerprint density at radius 3 is 2.42 bits per heavy atom. The van der Waals surface area contributed by atoms with Crippen LogP contribution >= 0.6 is 0 Å². The van der Waals surface area contributed by atoms with Gasteiger partial charge in [-0.05, 0) is 44.2 Å². The fourth-order valence-electron chi connectivity index (χ4n) is 3.90. The summed E-state index contributed by atoms with van der Waals surface area (Å²) in [5.74, 6) is 3.43. The molecule has 3 aromatic rings. The lowest BCUT2D eigenvalue weighted by Crippen LogP contribution is -2.46. The van der Waals surface area contributed by atoms with Crippen LogP contribution in [-0.2, 0) is 6.54 Å². The smallest absolute Gasteiger partial charge is 0.180 e. The Kier molecular flexibility index (Phi) is 6.32. The maximum atomic E-state index is 5.55. The molecule has 0 radical (unpaired) electrons. The number of ether oxygens (including phenoxy) is 2. The number of rotatable bonds is 6. The summed E-state index contributed by atoms with van der Waals surface area (Å²) in [4.78, 5) is 18.8. The Hall–Kier alpha value is -3.19. The number of methoxy groups -OCH3 is 2. The molecule has 0 aliphatic carbocycles. The zero-order chi connectivity index (χ0) is 21.8. The van der Waals surface area contributed by atoms with Gasteiger partial charge in [-0.25, -0.2) is 9.97 Å². The first-order valence-electron chi connectivity index (χ1n) is 10.5. The van der Waals surface area contributed by atoms with Crippen LogP contribution in [0.4, 0.5) is 5.82 Å². The van der Waals surface area contributed by atoms with Crippen LogP contribution in [0.2, 0.25) is 0 Å². The second-order valence-electron chi connectivity index (χ2n) is 7.74. The monoisotopic (exact) mass is 419 g/mol. The van der Waals surface area contributed by atoms with Crippen molar-refractivity contribution in [2.24, 2.45) is 0 Å². The van der Waals surface area contributed by atoms with E-state index in [9.17, 15) is 0 Å². The molecular formula is C24H29N5O2. The fraction of sp³-hybridized carbons (Fsp3) is 0.375. The van der Waals surface area contributed by atoms with Crippen LogP contribution < -0.4 is 14.4 Å². The molecule has 0 amide bonds. The quantitative estimate of drug-likeness (QED) is 0.606. The number of aryl methyl sites for hydroxylation is 1. The summed E-state index contributed by atoms with van der Waals surface area (Å²) in [6.07, 6.45) is 1.78. The maximum Gasteiger partial charge on any atom is 0.180 e. The molecule has 1 aliphatic heterocycles. The van der Waals surface area contributed by atoms with Gasteiger partial charge in [-0.15, -0.1) is 0 Å². The van der Waals surface area contributed by atoms with E-state index in [-0.39, 0.29) is 0 Å². The highest BCUT2D eigenvalue weighted by Gasteiger charge is 2.22. The van der Waals surface area contributed by atoms with Gasteiger partial charge in [0.2, 0.25) is 0 Å². The summed E-state index contributed by atoms with van der Waals surface area (Å²) in [6, 6.07) is 11.8. The molecule has 162 valence electrons. The number of hydrogen-bond donors (Lipinski definition) is 0. The van der Waals surface area contributed by atoms with Crippen molar-refractivity contribution in [1.82, 2.24) is 19.9 Å². The summed E-state index contributed by atoms with van der Waals surface area (Å²) in [5, 5.41) is 0. The predicted molar refractivity (Wildman–Crippen MR) is 122 cm³/mol. The summed E-state index contributed by atoms with van der Waals surface area (Å²) in [7, 11) is 3.40. The van der Waals surface area contributed by atoms with E-state index in [1.54, 1.807) is 20.4 Å². The average molecular weight is 420 g/mol. The largest absolute Gasteiger partial charge is 0.497 e. The standard InChI is InChI=1S/C24H29N5O2/c1-17-18(2)26-23(21-7-5-6-10-25-21)27-24(17)29-13-11-28(12-14-29)16-19-15-20(30-3)8-9-22(19)31-4/h5-10,15H,11-14,16H2,1-4H3. The van der Waals surface area contributed by atoms with E-state index in [2.05, 4.69) is 32.8 Å². The van der Waals surface area contributed by atoms with Crippen molar-refractivity contribution in [1.29, 1.82) is 0 Å². The third-order valence-electron chi connectivity index (χ3n) is 5.81. The minimum Gasteiger partial charge on any atom is -0.497 e. The number of anilines is 1. The average Bonchev–Trinajstić information content (AvgIpc) is 2.82. The Labute approximate surface area is 183 Å². The Morgan fingerprint density at radius 1 is 0.935 bits per heavy atom. The molecule has 7 heteroatoms. The van der Waals surface area contributed by atoms with Crippen molar-refractivity contribution < 1.29 is 9.47 Å². The number of nitrogens with zero attached hydrogens (tertiary/aromatic N) is 5. The van der Waals surface area contributed by atoms with Gasteiger partial charge in [-0.1, -0.05) is 6.07 Å². The molecule has 0 N–H and O–H groups in total. The highest BCUT2D eigenvalue weighted by Crippen LogP contribution is 2.27.